The van der Waals surface area contributed by atoms with E-state index >= 15 is 0 Å². The lowest BCUT2D eigenvalue weighted by molar-refractivity contribution is -0.116. The van der Waals surface area contributed by atoms with E-state index in [2.05, 4.69) is 5.32 Å². The fourth-order valence-corrected chi connectivity index (χ4v) is 2.00. The number of nitrogen functional groups attached to an aromatic ring is 1. The number of carbonyl (C=O) groups excluding carboxylic acids is 2. The van der Waals surface area contributed by atoms with Crippen LogP contribution < -0.4 is 16.6 Å². The van der Waals surface area contributed by atoms with Crippen molar-refractivity contribution in [2.24, 2.45) is 0 Å². The van der Waals surface area contributed by atoms with Gasteiger partial charge in [-0.3, -0.25) is 9.59 Å². The zero-order chi connectivity index (χ0) is 17.7. The van der Waals surface area contributed by atoms with E-state index in [0.717, 1.165) is 0 Å². The van der Waals surface area contributed by atoms with Crippen molar-refractivity contribution in [3.05, 3.63) is 58.5 Å². The van der Waals surface area contributed by atoms with Crippen LogP contribution in [0.1, 0.15) is 24.2 Å². The van der Waals surface area contributed by atoms with Crippen molar-refractivity contribution < 1.29 is 14.3 Å². The maximum Gasteiger partial charge on any atom is 0.338 e. The van der Waals surface area contributed by atoms with Gasteiger partial charge >= 0.3 is 5.97 Å². The molecule has 1 heterocycles. The van der Waals surface area contributed by atoms with Crippen molar-refractivity contribution in [3.63, 3.8) is 0 Å². The predicted molar refractivity (Wildman–Crippen MR) is 90.7 cm³/mol. The first-order valence-corrected chi connectivity index (χ1v) is 7.42. The van der Waals surface area contributed by atoms with Crippen LogP contribution in [-0.2, 0) is 16.1 Å². The van der Waals surface area contributed by atoms with E-state index in [-0.39, 0.29) is 24.1 Å². The summed E-state index contributed by atoms with van der Waals surface area (Å²) in [5.74, 6) is -0.797. The fourth-order valence-electron chi connectivity index (χ4n) is 2.00. The molecule has 0 spiro atoms. The standard InChI is InChI=1S/C17H19N3O4/c1-11(2)24-17(23)12-3-6-14(7-4-12)19-15(21)10-20-9-13(18)5-8-16(20)22/h3-9,11H,10,18H2,1-2H3,(H,19,21). The minimum Gasteiger partial charge on any atom is -0.459 e. The van der Waals surface area contributed by atoms with Crippen LogP contribution in [0.2, 0.25) is 0 Å². The summed E-state index contributed by atoms with van der Waals surface area (Å²) >= 11 is 0. The lowest BCUT2D eigenvalue weighted by atomic mass is 10.2. The van der Waals surface area contributed by atoms with Gasteiger partial charge < -0.3 is 20.4 Å². The quantitative estimate of drug-likeness (QED) is 0.812. The number of hydrogen-bond donors (Lipinski definition) is 2. The number of rotatable bonds is 5. The fraction of sp³-hybridized carbons (Fsp3) is 0.235. The Balaban J connectivity index is 2.00. The molecule has 1 aromatic heterocycles. The monoisotopic (exact) mass is 329 g/mol. The molecule has 3 N–H and O–H groups in total. The van der Waals surface area contributed by atoms with Crippen molar-refractivity contribution in [3.8, 4) is 0 Å². The van der Waals surface area contributed by atoms with Crippen LogP contribution >= 0.6 is 0 Å². The minimum absolute atomic E-state index is 0.152. The number of nitrogens with two attached hydrogens (primary N) is 1. The summed E-state index contributed by atoms with van der Waals surface area (Å²) in [5.41, 5.74) is 6.59. The second kappa shape index (κ2) is 7.45. The number of carbonyl (C=O) groups is 2. The summed E-state index contributed by atoms with van der Waals surface area (Å²) in [6.07, 6.45) is 1.21. The van der Waals surface area contributed by atoms with Gasteiger partial charge in [-0.25, -0.2) is 4.79 Å². The average Bonchev–Trinajstić information content (AvgIpc) is 2.51. The highest BCUT2D eigenvalue weighted by Gasteiger charge is 2.10. The maximum atomic E-state index is 12.0. The molecule has 0 saturated heterocycles. The molecule has 0 unspecified atom stereocenters. The average molecular weight is 329 g/mol. The number of amides is 1. The lowest BCUT2D eigenvalue weighted by Gasteiger charge is -2.10. The highest BCUT2D eigenvalue weighted by Crippen LogP contribution is 2.11. The summed E-state index contributed by atoms with van der Waals surface area (Å²) in [6.45, 7) is 3.39. The van der Waals surface area contributed by atoms with Crippen molar-refractivity contribution in [2.75, 3.05) is 11.1 Å². The number of ether oxygens (including phenoxy) is 1. The number of nitrogens with one attached hydrogen (secondary N) is 1. The zero-order valence-electron chi connectivity index (χ0n) is 13.5. The number of esters is 1. The first kappa shape index (κ1) is 17.3. The third-order valence-electron chi connectivity index (χ3n) is 3.07. The molecule has 0 radical (unpaired) electrons. The van der Waals surface area contributed by atoms with Crippen LogP contribution in [0.5, 0.6) is 0 Å². The molecule has 0 fully saturated rings. The molecule has 24 heavy (non-hydrogen) atoms. The SMILES string of the molecule is CC(C)OC(=O)c1ccc(NC(=O)Cn2cc(N)ccc2=O)cc1. The summed E-state index contributed by atoms with van der Waals surface area (Å²) in [6, 6.07) is 9.09. The van der Waals surface area contributed by atoms with Gasteiger partial charge in [-0.2, -0.15) is 0 Å². The Morgan fingerprint density at radius 1 is 1.17 bits per heavy atom. The predicted octanol–water partition coefficient (Wildman–Crippen LogP) is 1.63. The molecule has 0 aliphatic heterocycles. The largest absolute Gasteiger partial charge is 0.459 e. The van der Waals surface area contributed by atoms with E-state index in [1.54, 1.807) is 38.1 Å². The Hall–Kier alpha value is -3.09. The first-order valence-electron chi connectivity index (χ1n) is 7.42. The minimum atomic E-state index is -0.422. The number of benzene rings is 1. The molecule has 0 aliphatic carbocycles. The molecule has 0 bridgehead atoms. The molecular weight excluding hydrogens is 310 g/mol. The Labute approximate surface area is 139 Å². The number of hydrogen-bond acceptors (Lipinski definition) is 5. The third kappa shape index (κ3) is 4.70. The van der Waals surface area contributed by atoms with Crippen LogP contribution in [0.3, 0.4) is 0 Å². The third-order valence-corrected chi connectivity index (χ3v) is 3.07. The topological polar surface area (TPSA) is 103 Å². The Kier molecular flexibility index (Phi) is 5.36. The molecule has 7 heteroatoms. The van der Waals surface area contributed by atoms with E-state index in [4.69, 9.17) is 10.5 Å². The zero-order valence-corrected chi connectivity index (χ0v) is 13.5. The molecule has 2 rings (SSSR count). The molecule has 0 aliphatic rings. The highest BCUT2D eigenvalue weighted by molar-refractivity contribution is 5.93. The van der Waals surface area contributed by atoms with Gasteiger partial charge in [-0.15, -0.1) is 0 Å². The Morgan fingerprint density at radius 3 is 2.46 bits per heavy atom. The molecule has 7 nitrogen and oxygen atoms in total. The number of aromatic nitrogens is 1. The summed E-state index contributed by atoms with van der Waals surface area (Å²) in [4.78, 5) is 35.4. The van der Waals surface area contributed by atoms with Gasteiger partial charge in [0, 0.05) is 23.6 Å². The summed E-state index contributed by atoms with van der Waals surface area (Å²) < 4.78 is 6.31. The lowest BCUT2D eigenvalue weighted by Crippen LogP contribution is -2.27. The van der Waals surface area contributed by atoms with Gasteiger partial charge in [0.05, 0.1) is 11.7 Å². The highest BCUT2D eigenvalue weighted by atomic mass is 16.5. The molecule has 1 amide bonds. The van der Waals surface area contributed by atoms with Gasteiger partial charge in [0.2, 0.25) is 5.91 Å². The van der Waals surface area contributed by atoms with Crippen LogP contribution in [0.25, 0.3) is 0 Å². The number of nitrogens with zero attached hydrogens (tertiary/aromatic N) is 1. The molecule has 0 saturated carbocycles. The van der Waals surface area contributed by atoms with E-state index in [9.17, 15) is 14.4 Å². The van der Waals surface area contributed by atoms with Gasteiger partial charge in [-0.05, 0) is 44.2 Å². The Bertz CT molecular complexity index is 794. The number of pyridine rings is 1. The van der Waals surface area contributed by atoms with E-state index in [0.29, 0.717) is 16.9 Å². The van der Waals surface area contributed by atoms with Crippen molar-refractivity contribution in [1.29, 1.82) is 0 Å². The van der Waals surface area contributed by atoms with Crippen LogP contribution in [0.4, 0.5) is 11.4 Å². The molecule has 126 valence electrons. The van der Waals surface area contributed by atoms with Gasteiger partial charge in [0.15, 0.2) is 0 Å². The van der Waals surface area contributed by atoms with Gasteiger partial charge in [0.1, 0.15) is 6.54 Å². The van der Waals surface area contributed by atoms with E-state index in [1.165, 1.54) is 22.9 Å². The Morgan fingerprint density at radius 2 is 1.83 bits per heavy atom. The normalized spacial score (nSPS) is 10.5. The first-order chi connectivity index (χ1) is 11.3. The van der Waals surface area contributed by atoms with Crippen LogP contribution in [-0.4, -0.2) is 22.5 Å². The molecule has 0 atom stereocenters. The molecule has 2 aromatic rings. The summed E-state index contributed by atoms with van der Waals surface area (Å²) in [7, 11) is 0. The second-order valence-electron chi connectivity index (χ2n) is 5.51. The second-order valence-corrected chi connectivity index (χ2v) is 5.51. The van der Waals surface area contributed by atoms with Crippen molar-refractivity contribution >= 4 is 23.3 Å². The van der Waals surface area contributed by atoms with E-state index in [1.807, 2.05) is 0 Å². The molecule has 1 aromatic carbocycles. The van der Waals surface area contributed by atoms with Crippen LogP contribution in [0, 0.1) is 0 Å². The van der Waals surface area contributed by atoms with Crippen LogP contribution in [0.15, 0.2) is 47.4 Å². The number of anilines is 2. The summed E-state index contributed by atoms with van der Waals surface area (Å²) in [5, 5.41) is 2.65. The molecular formula is C17H19N3O4. The maximum absolute atomic E-state index is 12.0. The van der Waals surface area contributed by atoms with Crippen molar-refractivity contribution in [2.45, 2.75) is 26.5 Å². The van der Waals surface area contributed by atoms with Gasteiger partial charge in [0.25, 0.3) is 5.56 Å². The van der Waals surface area contributed by atoms with Gasteiger partial charge in [-0.1, -0.05) is 0 Å². The smallest absolute Gasteiger partial charge is 0.338 e. The van der Waals surface area contributed by atoms with E-state index < -0.39 is 5.97 Å². The van der Waals surface area contributed by atoms with Crippen molar-refractivity contribution in [1.82, 2.24) is 4.57 Å².